The van der Waals surface area contributed by atoms with Gasteiger partial charge in [0.2, 0.25) is 0 Å². The molecule has 2 fully saturated rings. The van der Waals surface area contributed by atoms with Crippen molar-refractivity contribution in [3.63, 3.8) is 0 Å². The Balaban J connectivity index is 1.78. The van der Waals surface area contributed by atoms with Crippen LogP contribution in [0.15, 0.2) is 42.5 Å². The average molecular weight is 411 g/mol. The third-order valence-corrected chi connectivity index (χ3v) is 10.4. The molecule has 0 bridgehead atoms. The lowest BCUT2D eigenvalue weighted by molar-refractivity contribution is 0.395. The molecular formula is C26H35O2P. The molecule has 29 heavy (non-hydrogen) atoms. The van der Waals surface area contributed by atoms with Crippen LogP contribution in [0.1, 0.15) is 64.2 Å². The molecule has 0 spiro atoms. The summed E-state index contributed by atoms with van der Waals surface area (Å²) in [5, 5.41) is 1.62. The first-order valence-electron chi connectivity index (χ1n) is 11.4. The molecule has 0 aromatic heterocycles. The van der Waals surface area contributed by atoms with E-state index in [1.54, 1.807) is 19.5 Å². The Bertz CT molecular complexity index is 773. The minimum atomic E-state index is -0.152. The summed E-state index contributed by atoms with van der Waals surface area (Å²) in [7, 11) is 3.33. The second-order valence-corrected chi connectivity index (χ2v) is 11.3. The van der Waals surface area contributed by atoms with Crippen LogP contribution in [0.4, 0.5) is 0 Å². The van der Waals surface area contributed by atoms with Gasteiger partial charge in [-0.1, -0.05) is 70.7 Å². The topological polar surface area (TPSA) is 18.5 Å². The molecule has 0 saturated heterocycles. The lowest BCUT2D eigenvalue weighted by atomic mass is 9.99. The number of rotatable bonds is 6. The molecule has 0 unspecified atom stereocenters. The van der Waals surface area contributed by atoms with Crippen molar-refractivity contribution < 1.29 is 9.47 Å². The van der Waals surface area contributed by atoms with Gasteiger partial charge in [-0.15, -0.1) is 0 Å². The highest BCUT2D eigenvalue weighted by Crippen LogP contribution is 2.56. The standard InChI is InChI=1S/C26H35O2P/c1-27-20-17-18-23(25(19-20)28-2)24-15-9-10-16-26(24)29(21-11-5-3-6-12-21)22-13-7-4-8-14-22/h9-10,15-19,21-22H,3-8,11-14H2,1-2H3. The van der Waals surface area contributed by atoms with Gasteiger partial charge in [0.15, 0.2) is 0 Å². The highest BCUT2D eigenvalue weighted by atomic mass is 31.1. The monoisotopic (exact) mass is 410 g/mol. The van der Waals surface area contributed by atoms with Gasteiger partial charge >= 0.3 is 0 Å². The number of hydrogen-bond acceptors (Lipinski definition) is 2. The molecule has 2 aromatic rings. The van der Waals surface area contributed by atoms with Gasteiger partial charge in [-0.25, -0.2) is 0 Å². The molecule has 156 valence electrons. The van der Waals surface area contributed by atoms with Crippen LogP contribution < -0.4 is 14.8 Å². The lowest BCUT2D eigenvalue weighted by Crippen LogP contribution is -2.27. The van der Waals surface area contributed by atoms with Crippen LogP contribution in [0.3, 0.4) is 0 Å². The van der Waals surface area contributed by atoms with Crippen molar-refractivity contribution in [2.45, 2.75) is 75.5 Å². The molecule has 2 nitrogen and oxygen atoms in total. The highest BCUT2D eigenvalue weighted by Gasteiger charge is 2.33. The summed E-state index contributed by atoms with van der Waals surface area (Å²) in [6.07, 6.45) is 14.2. The molecule has 2 aliphatic carbocycles. The van der Waals surface area contributed by atoms with Gasteiger partial charge in [0.05, 0.1) is 14.2 Å². The van der Waals surface area contributed by atoms with Crippen LogP contribution >= 0.6 is 7.92 Å². The Morgan fingerprint density at radius 1 is 0.690 bits per heavy atom. The Morgan fingerprint density at radius 3 is 1.90 bits per heavy atom. The van der Waals surface area contributed by atoms with E-state index in [0.717, 1.165) is 22.8 Å². The van der Waals surface area contributed by atoms with E-state index in [-0.39, 0.29) is 7.92 Å². The van der Waals surface area contributed by atoms with Crippen molar-refractivity contribution in [3.8, 4) is 22.6 Å². The Morgan fingerprint density at radius 2 is 1.31 bits per heavy atom. The van der Waals surface area contributed by atoms with Gasteiger partial charge in [-0.05, 0) is 60.0 Å². The number of methoxy groups -OCH3 is 2. The van der Waals surface area contributed by atoms with Crippen molar-refractivity contribution in [2.24, 2.45) is 0 Å². The third-order valence-electron chi connectivity index (χ3n) is 6.82. The van der Waals surface area contributed by atoms with Gasteiger partial charge in [-0.3, -0.25) is 0 Å². The molecule has 3 heteroatoms. The van der Waals surface area contributed by atoms with Crippen LogP contribution in [-0.4, -0.2) is 25.5 Å². The molecule has 0 aliphatic heterocycles. The number of benzene rings is 2. The molecule has 4 rings (SSSR count). The van der Waals surface area contributed by atoms with E-state index in [0.29, 0.717) is 0 Å². The molecule has 0 amide bonds. The summed E-state index contributed by atoms with van der Waals surface area (Å²) in [4.78, 5) is 0. The quantitative estimate of drug-likeness (QED) is 0.471. The zero-order valence-electron chi connectivity index (χ0n) is 18.0. The zero-order valence-corrected chi connectivity index (χ0v) is 18.9. The smallest absolute Gasteiger partial charge is 0.130 e. The molecule has 0 radical (unpaired) electrons. The minimum Gasteiger partial charge on any atom is -0.497 e. The Hall–Kier alpha value is -1.53. The second-order valence-electron chi connectivity index (χ2n) is 8.57. The van der Waals surface area contributed by atoms with Crippen molar-refractivity contribution in [2.75, 3.05) is 14.2 Å². The first-order chi connectivity index (χ1) is 14.3. The van der Waals surface area contributed by atoms with E-state index in [9.17, 15) is 0 Å². The summed E-state index contributed by atoms with van der Waals surface area (Å²) in [5.41, 5.74) is 4.39. The van der Waals surface area contributed by atoms with Crippen molar-refractivity contribution in [1.82, 2.24) is 0 Å². The average Bonchev–Trinajstić information content (AvgIpc) is 2.80. The first-order valence-corrected chi connectivity index (χ1v) is 12.9. The number of hydrogen-bond donors (Lipinski definition) is 0. The maximum absolute atomic E-state index is 5.80. The van der Waals surface area contributed by atoms with Gasteiger partial charge in [0, 0.05) is 11.6 Å². The summed E-state index contributed by atoms with van der Waals surface area (Å²) in [6, 6.07) is 15.5. The van der Waals surface area contributed by atoms with Gasteiger partial charge in [0.25, 0.3) is 0 Å². The maximum Gasteiger partial charge on any atom is 0.130 e. The fourth-order valence-electron chi connectivity index (χ4n) is 5.36. The minimum absolute atomic E-state index is 0.152. The van der Waals surface area contributed by atoms with Crippen LogP contribution in [0.25, 0.3) is 11.1 Å². The van der Waals surface area contributed by atoms with E-state index < -0.39 is 0 Å². The predicted octanol–water partition coefficient (Wildman–Crippen LogP) is 7.14. The molecule has 0 N–H and O–H groups in total. The Labute approximate surface area is 177 Å². The van der Waals surface area contributed by atoms with E-state index in [2.05, 4.69) is 36.4 Å². The number of ether oxygens (including phenoxy) is 2. The summed E-state index contributed by atoms with van der Waals surface area (Å²) in [5.74, 6) is 1.77. The largest absolute Gasteiger partial charge is 0.497 e. The van der Waals surface area contributed by atoms with Crippen LogP contribution in [0.5, 0.6) is 11.5 Å². The fraction of sp³-hybridized carbons (Fsp3) is 0.538. The zero-order chi connectivity index (χ0) is 20.1. The van der Waals surface area contributed by atoms with Gasteiger partial charge in [-0.2, -0.15) is 0 Å². The fourth-order valence-corrected chi connectivity index (χ4v) is 9.31. The SMILES string of the molecule is COc1ccc(-c2ccccc2P(C2CCCCC2)C2CCCCC2)c(OC)c1. The first kappa shape index (κ1) is 20.7. The van der Waals surface area contributed by atoms with Crippen LogP contribution in [0.2, 0.25) is 0 Å². The summed E-state index contributed by atoms with van der Waals surface area (Å²) < 4.78 is 11.2. The molecule has 2 aromatic carbocycles. The summed E-state index contributed by atoms with van der Waals surface area (Å²) >= 11 is 0. The van der Waals surface area contributed by atoms with Crippen molar-refractivity contribution in [3.05, 3.63) is 42.5 Å². The molecular weight excluding hydrogens is 375 g/mol. The normalized spacial score (nSPS) is 18.7. The molecule has 0 atom stereocenters. The highest BCUT2D eigenvalue weighted by molar-refractivity contribution is 7.67. The lowest BCUT2D eigenvalue weighted by Gasteiger charge is -2.39. The van der Waals surface area contributed by atoms with E-state index in [1.165, 1.54) is 75.3 Å². The van der Waals surface area contributed by atoms with Gasteiger partial charge < -0.3 is 9.47 Å². The predicted molar refractivity (Wildman–Crippen MR) is 125 cm³/mol. The molecule has 2 saturated carbocycles. The van der Waals surface area contributed by atoms with E-state index in [1.807, 2.05) is 6.07 Å². The molecule has 0 heterocycles. The van der Waals surface area contributed by atoms with Crippen molar-refractivity contribution in [1.29, 1.82) is 0 Å². The van der Waals surface area contributed by atoms with E-state index >= 15 is 0 Å². The second kappa shape index (κ2) is 9.98. The third kappa shape index (κ3) is 4.64. The summed E-state index contributed by atoms with van der Waals surface area (Å²) in [6.45, 7) is 0. The maximum atomic E-state index is 5.80. The van der Waals surface area contributed by atoms with Gasteiger partial charge in [0.1, 0.15) is 11.5 Å². The Kier molecular flexibility index (Phi) is 7.14. The van der Waals surface area contributed by atoms with Crippen LogP contribution in [-0.2, 0) is 0 Å². The van der Waals surface area contributed by atoms with Crippen LogP contribution in [0, 0.1) is 0 Å². The van der Waals surface area contributed by atoms with E-state index in [4.69, 9.17) is 9.47 Å². The van der Waals surface area contributed by atoms with Crippen molar-refractivity contribution >= 4 is 13.2 Å². The molecule has 2 aliphatic rings.